The predicted octanol–water partition coefficient (Wildman–Crippen LogP) is 3.41. The molecule has 144 valence electrons. The van der Waals surface area contributed by atoms with Crippen molar-refractivity contribution in [2.24, 2.45) is 4.99 Å². The van der Waals surface area contributed by atoms with Gasteiger partial charge in [0, 0.05) is 39.8 Å². The van der Waals surface area contributed by atoms with Gasteiger partial charge in [0.1, 0.15) is 0 Å². The largest absolute Gasteiger partial charge is 0.352 e. The lowest BCUT2D eigenvalue weighted by Gasteiger charge is -2.14. The molecule has 0 radical (unpaired) electrons. The first kappa shape index (κ1) is 19.4. The zero-order valence-electron chi connectivity index (χ0n) is 16.6. The Morgan fingerprint density at radius 1 is 0.893 bits per heavy atom. The van der Waals surface area contributed by atoms with Crippen LogP contribution in [0.3, 0.4) is 0 Å². The van der Waals surface area contributed by atoms with E-state index in [-0.39, 0.29) is 5.91 Å². The van der Waals surface area contributed by atoms with Crippen molar-refractivity contribution < 1.29 is 4.79 Å². The number of hydrogen-bond acceptors (Lipinski definition) is 2. The van der Waals surface area contributed by atoms with Gasteiger partial charge >= 0.3 is 0 Å². The summed E-state index contributed by atoms with van der Waals surface area (Å²) in [5.74, 6) is 0.744. The zero-order chi connectivity index (χ0) is 19.9. The van der Waals surface area contributed by atoms with Crippen LogP contribution in [0.5, 0.6) is 0 Å². The van der Waals surface area contributed by atoms with Gasteiger partial charge in [0.15, 0.2) is 5.96 Å². The SMILES string of the molecule is CN=C(NCc1ccc(C(=O)N(C)C)cc1)NCc1cccc2ccccc12. The molecule has 0 spiro atoms. The van der Waals surface area contributed by atoms with E-state index in [2.05, 4.69) is 58.1 Å². The van der Waals surface area contributed by atoms with E-state index < -0.39 is 0 Å². The van der Waals surface area contributed by atoms with E-state index in [1.54, 1.807) is 26.0 Å². The Morgan fingerprint density at radius 2 is 1.57 bits per heavy atom. The molecule has 0 aliphatic heterocycles. The molecule has 0 heterocycles. The molecule has 28 heavy (non-hydrogen) atoms. The highest BCUT2D eigenvalue weighted by molar-refractivity contribution is 5.93. The van der Waals surface area contributed by atoms with Gasteiger partial charge in [-0.05, 0) is 34.0 Å². The van der Waals surface area contributed by atoms with Gasteiger partial charge < -0.3 is 15.5 Å². The lowest BCUT2D eigenvalue weighted by molar-refractivity contribution is 0.0827. The summed E-state index contributed by atoms with van der Waals surface area (Å²) in [4.78, 5) is 17.8. The maximum absolute atomic E-state index is 12.0. The Hall–Kier alpha value is -3.34. The summed E-state index contributed by atoms with van der Waals surface area (Å²) < 4.78 is 0. The molecule has 0 aliphatic carbocycles. The quantitative estimate of drug-likeness (QED) is 0.532. The van der Waals surface area contributed by atoms with E-state index in [9.17, 15) is 4.79 Å². The summed E-state index contributed by atoms with van der Waals surface area (Å²) in [6, 6.07) is 22.3. The Kier molecular flexibility index (Phi) is 6.27. The molecule has 0 aliphatic rings. The minimum Gasteiger partial charge on any atom is -0.352 e. The molecule has 0 atom stereocenters. The van der Waals surface area contributed by atoms with E-state index >= 15 is 0 Å². The number of rotatable bonds is 5. The van der Waals surface area contributed by atoms with Crippen LogP contribution < -0.4 is 10.6 Å². The fourth-order valence-corrected chi connectivity index (χ4v) is 3.06. The maximum atomic E-state index is 12.0. The van der Waals surface area contributed by atoms with Gasteiger partial charge in [-0.15, -0.1) is 0 Å². The van der Waals surface area contributed by atoms with Crippen LogP contribution in [0.25, 0.3) is 10.8 Å². The van der Waals surface area contributed by atoms with E-state index in [4.69, 9.17) is 0 Å². The molecule has 0 saturated carbocycles. The highest BCUT2D eigenvalue weighted by Crippen LogP contribution is 2.18. The monoisotopic (exact) mass is 374 g/mol. The topological polar surface area (TPSA) is 56.7 Å². The zero-order valence-corrected chi connectivity index (χ0v) is 16.6. The lowest BCUT2D eigenvalue weighted by Crippen LogP contribution is -2.36. The number of guanidine groups is 1. The van der Waals surface area contributed by atoms with Crippen LogP contribution in [0.2, 0.25) is 0 Å². The maximum Gasteiger partial charge on any atom is 0.253 e. The summed E-state index contributed by atoms with van der Waals surface area (Å²) >= 11 is 0. The Morgan fingerprint density at radius 3 is 2.29 bits per heavy atom. The number of carbonyl (C=O) groups is 1. The van der Waals surface area contributed by atoms with E-state index in [1.165, 1.54) is 16.3 Å². The molecule has 5 nitrogen and oxygen atoms in total. The van der Waals surface area contributed by atoms with Gasteiger partial charge in [0.2, 0.25) is 0 Å². The third kappa shape index (κ3) is 4.68. The molecule has 3 aromatic carbocycles. The van der Waals surface area contributed by atoms with Gasteiger partial charge in [-0.25, -0.2) is 0 Å². The third-order valence-corrected chi connectivity index (χ3v) is 4.62. The Balaban J connectivity index is 1.58. The van der Waals surface area contributed by atoms with E-state index in [1.807, 2.05) is 24.3 Å². The average Bonchev–Trinajstić information content (AvgIpc) is 2.73. The number of carbonyl (C=O) groups excluding carboxylic acids is 1. The van der Waals surface area contributed by atoms with Gasteiger partial charge in [-0.2, -0.15) is 0 Å². The number of hydrogen-bond donors (Lipinski definition) is 2. The van der Waals surface area contributed by atoms with Crippen molar-refractivity contribution in [1.82, 2.24) is 15.5 Å². The van der Waals surface area contributed by atoms with Crippen LogP contribution in [0, 0.1) is 0 Å². The normalized spacial score (nSPS) is 11.3. The molecule has 3 aromatic rings. The Bertz CT molecular complexity index is 972. The molecule has 0 aromatic heterocycles. The number of benzene rings is 3. The van der Waals surface area contributed by atoms with E-state index in [0.29, 0.717) is 18.7 Å². The van der Waals surface area contributed by atoms with Gasteiger partial charge in [-0.3, -0.25) is 9.79 Å². The summed E-state index contributed by atoms with van der Waals surface area (Å²) in [6.45, 7) is 1.32. The van der Waals surface area contributed by atoms with Crippen LogP contribution in [-0.2, 0) is 13.1 Å². The molecule has 0 fully saturated rings. The minimum absolute atomic E-state index is 0.00655. The number of nitrogens with zero attached hydrogens (tertiary/aromatic N) is 2. The van der Waals surface area contributed by atoms with Crippen molar-refractivity contribution in [2.45, 2.75) is 13.1 Å². The summed E-state index contributed by atoms with van der Waals surface area (Å²) in [5.41, 5.74) is 3.00. The molecular weight excluding hydrogens is 348 g/mol. The first-order valence-corrected chi connectivity index (χ1v) is 9.30. The molecular formula is C23H26N4O. The molecule has 5 heteroatoms. The number of aliphatic imine (C=N–C) groups is 1. The highest BCUT2D eigenvalue weighted by atomic mass is 16.2. The van der Waals surface area contributed by atoms with E-state index in [0.717, 1.165) is 11.5 Å². The second-order valence-electron chi connectivity index (χ2n) is 6.81. The summed E-state index contributed by atoms with van der Waals surface area (Å²) in [7, 11) is 5.27. The summed E-state index contributed by atoms with van der Waals surface area (Å²) in [5, 5.41) is 9.17. The predicted molar refractivity (Wildman–Crippen MR) is 115 cm³/mol. The summed E-state index contributed by atoms with van der Waals surface area (Å²) in [6.07, 6.45) is 0. The molecule has 3 rings (SSSR count). The third-order valence-electron chi connectivity index (χ3n) is 4.62. The van der Waals surface area contributed by atoms with Crippen molar-refractivity contribution in [3.8, 4) is 0 Å². The van der Waals surface area contributed by atoms with Crippen molar-refractivity contribution in [3.05, 3.63) is 83.4 Å². The average molecular weight is 374 g/mol. The van der Waals surface area contributed by atoms with Crippen LogP contribution in [0.1, 0.15) is 21.5 Å². The van der Waals surface area contributed by atoms with Crippen molar-refractivity contribution in [3.63, 3.8) is 0 Å². The van der Waals surface area contributed by atoms with Crippen LogP contribution >= 0.6 is 0 Å². The van der Waals surface area contributed by atoms with Crippen molar-refractivity contribution in [1.29, 1.82) is 0 Å². The van der Waals surface area contributed by atoms with Crippen molar-refractivity contribution >= 4 is 22.6 Å². The Labute approximate surface area is 166 Å². The second-order valence-corrected chi connectivity index (χ2v) is 6.81. The minimum atomic E-state index is 0.00655. The molecule has 0 bridgehead atoms. The first-order valence-electron chi connectivity index (χ1n) is 9.30. The fraction of sp³-hybridized carbons (Fsp3) is 0.217. The number of nitrogens with one attached hydrogen (secondary N) is 2. The highest BCUT2D eigenvalue weighted by Gasteiger charge is 2.07. The van der Waals surface area contributed by atoms with Crippen molar-refractivity contribution in [2.75, 3.05) is 21.1 Å². The van der Waals surface area contributed by atoms with Gasteiger partial charge in [0.25, 0.3) is 5.91 Å². The number of fused-ring (bicyclic) bond motifs is 1. The number of amides is 1. The second kappa shape index (κ2) is 9.04. The van der Waals surface area contributed by atoms with Crippen LogP contribution in [0.4, 0.5) is 0 Å². The molecule has 0 saturated heterocycles. The molecule has 0 unspecified atom stereocenters. The standard InChI is InChI=1S/C23H26N4O/c1-24-23(25-15-17-11-13-19(14-12-17)22(28)27(2)3)26-16-20-9-6-8-18-7-4-5-10-21(18)20/h4-14H,15-16H2,1-3H3,(H2,24,25,26). The van der Waals surface area contributed by atoms with Crippen LogP contribution in [-0.4, -0.2) is 37.9 Å². The fourth-order valence-electron chi connectivity index (χ4n) is 3.06. The lowest BCUT2D eigenvalue weighted by atomic mass is 10.0. The first-order chi connectivity index (χ1) is 13.6. The molecule has 2 N–H and O–H groups in total. The van der Waals surface area contributed by atoms with Gasteiger partial charge in [0.05, 0.1) is 0 Å². The smallest absolute Gasteiger partial charge is 0.253 e. The molecule has 1 amide bonds. The van der Waals surface area contributed by atoms with Gasteiger partial charge in [-0.1, -0.05) is 54.6 Å². The van der Waals surface area contributed by atoms with Crippen LogP contribution in [0.15, 0.2) is 71.7 Å².